The van der Waals surface area contributed by atoms with E-state index in [0.717, 1.165) is 0 Å². The number of hydrogen-bond acceptors (Lipinski definition) is 3. The van der Waals surface area contributed by atoms with Gasteiger partial charge in [-0.15, -0.1) is 0 Å². The van der Waals surface area contributed by atoms with Gasteiger partial charge in [-0.2, -0.15) is 0 Å². The van der Waals surface area contributed by atoms with Crippen LogP contribution in [0.25, 0.3) is 10.4 Å². The molecule has 102 valence electrons. The summed E-state index contributed by atoms with van der Waals surface area (Å²) in [7, 11) is 0. The second-order valence-corrected chi connectivity index (χ2v) is 4.61. The third-order valence-electron chi connectivity index (χ3n) is 2.88. The lowest BCUT2D eigenvalue weighted by molar-refractivity contribution is -0.124. The molecule has 1 aromatic carbocycles. The van der Waals surface area contributed by atoms with Gasteiger partial charge < -0.3 is 5.73 Å². The highest BCUT2D eigenvalue weighted by molar-refractivity contribution is 6.31. The Morgan fingerprint density at radius 3 is 2.84 bits per heavy atom. The Morgan fingerprint density at radius 1 is 1.58 bits per heavy atom. The predicted molar refractivity (Wildman–Crippen MR) is 74.6 cm³/mol. The topological polar surface area (TPSA) is 104 Å². The molecule has 0 fully saturated rings. The van der Waals surface area contributed by atoms with Crippen LogP contribution in [0.2, 0.25) is 5.02 Å². The smallest absolute Gasteiger partial charge is 0.242 e. The molecule has 7 heteroatoms. The van der Waals surface area contributed by atoms with Gasteiger partial charge in [-0.25, -0.2) is 0 Å². The number of amides is 1. The van der Waals surface area contributed by atoms with E-state index < -0.39 is 11.4 Å². The first-order valence-corrected chi connectivity index (χ1v) is 6.21. The van der Waals surface area contributed by atoms with Crippen molar-refractivity contribution < 1.29 is 4.79 Å². The summed E-state index contributed by atoms with van der Waals surface area (Å²) in [6, 6.07) is 7.05. The maximum absolute atomic E-state index is 11.7. The lowest BCUT2D eigenvalue weighted by Gasteiger charge is -2.29. The van der Waals surface area contributed by atoms with E-state index in [1.807, 2.05) is 0 Å². The van der Waals surface area contributed by atoms with Gasteiger partial charge in [-0.1, -0.05) is 34.9 Å². The van der Waals surface area contributed by atoms with Crippen molar-refractivity contribution >= 4 is 17.5 Å². The van der Waals surface area contributed by atoms with E-state index >= 15 is 0 Å². The van der Waals surface area contributed by atoms with Crippen LogP contribution < -0.4 is 11.1 Å². The Labute approximate surface area is 116 Å². The predicted octanol–water partition coefficient (Wildman–Crippen LogP) is 2.33. The number of benzene rings is 1. The average molecular weight is 282 g/mol. The molecule has 0 spiro atoms. The first kappa shape index (κ1) is 15.3. The maximum Gasteiger partial charge on any atom is 0.242 e. The van der Waals surface area contributed by atoms with E-state index in [2.05, 4.69) is 15.3 Å². The van der Waals surface area contributed by atoms with Gasteiger partial charge in [0.1, 0.15) is 5.54 Å². The Hall–Kier alpha value is -1.75. The number of carbonyl (C=O) groups excluding carboxylic acids is 1. The van der Waals surface area contributed by atoms with E-state index in [1.54, 1.807) is 31.2 Å². The van der Waals surface area contributed by atoms with E-state index in [-0.39, 0.29) is 0 Å². The molecule has 0 heterocycles. The van der Waals surface area contributed by atoms with Gasteiger partial charge in [0.2, 0.25) is 5.91 Å². The van der Waals surface area contributed by atoms with Gasteiger partial charge in [0.05, 0.1) is 0 Å². The number of azide groups is 1. The average Bonchev–Trinajstić information content (AvgIpc) is 2.38. The van der Waals surface area contributed by atoms with Crippen molar-refractivity contribution in [2.24, 2.45) is 10.8 Å². The maximum atomic E-state index is 11.7. The minimum absolute atomic E-state index is 0.362. The number of hydrogen-bond donors (Lipinski definition) is 2. The Kier molecular flexibility index (Phi) is 5.63. The second kappa shape index (κ2) is 6.99. The number of rotatable bonds is 7. The molecule has 6 nitrogen and oxygen atoms in total. The standard InChI is InChI=1S/C12H16ClN5O/c1-12(11(14)19,16-7-4-8-17-18-15)9-5-2-3-6-10(9)13/h2-3,5-6,16H,4,7-8H2,1H3,(H2,14,19). The van der Waals surface area contributed by atoms with Crippen LogP contribution in [0, 0.1) is 0 Å². The van der Waals surface area contributed by atoms with Crippen LogP contribution >= 0.6 is 11.6 Å². The molecule has 1 rings (SSSR count). The molecule has 19 heavy (non-hydrogen) atoms. The fourth-order valence-corrected chi connectivity index (χ4v) is 2.04. The van der Waals surface area contributed by atoms with Crippen molar-refractivity contribution in [3.8, 4) is 0 Å². The van der Waals surface area contributed by atoms with Crippen LogP contribution in [0.3, 0.4) is 0 Å². The Balaban J connectivity index is 2.83. The minimum Gasteiger partial charge on any atom is -0.368 e. The van der Waals surface area contributed by atoms with Crippen molar-refractivity contribution in [2.45, 2.75) is 18.9 Å². The molecule has 0 saturated heterocycles. The largest absolute Gasteiger partial charge is 0.368 e. The van der Waals surface area contributed by atoms with E-state index in [9.17, 15) is 4.79 Å². The summed E-state index contributed by atoms with van der Waals surface area (Å²) in [5, 5.41) is 6.97. The van der Waals surface area contributed by atoms with Gasteiger partial charge >= 0.3 is 0 Å². The summed E-state index contributed by atoms with van der Waals surface area (Å²) in [5.41, 5.74) is 13.2. The van der Waals surface area contributed by atoms with Gasteiger partial charge in [0.15, 0.2) is 0 Å². The molecule has 0 bridgehead atoms. The van der Waals surface area contributed by atoms with Crippen LogP contribution in [-0.2, 0) is 10.3 Å². The number of carbonyl (C=O) groups is 1. The SMILES string of the molecule is CC(NCCCN=[N+]=[N-])(C(N)=O)c1ccccc1Cl. The van der Waals surface area contributed by atoms with Crippen molar-refractivity contribution in [1.82, 2.24) is 5.32 Å². The van der Waals surface area contributed by atoms with E-state index in [4.69, 9.17) is 22.9 Å². The van der Waals surface area contributed by atoms with Crippen LogP contribution in [0.4, 0.5) is 0 Å². The van der Waals surface area contributed by atoms with Crippen molar-refractivity contribution in [3.05, 3.63) is 45.3 Å². The Bertz CT molecular complexity index is 501. The summed E-state index contributed by atoms with van der Waals surface area (Å²) in [6.07, 6.45) is 0.609. The lowest BCUT2D eigenvalue weighted by Crippen LogP contribution is -2.51. The third-order valence-corrected chi connectivity index (χ3v) is 3.21. The highest BCUT2D eigenvalue weighted by Gasteiger charge is 2.34. The molecule has 1 aromatic rings. The molecule has 0 aromatic heterocycles. The Morgan fingerprint density at radius 2 is 2.26 bits per heavy atom. The molecule has 0 radical (unpaired) electrons. The molecule has 1 amide bonds. The van der Waals surface area contributed by atoms with Crippen molar-refractivity contribution in [1.29, 1.82) is 0 Å². The zero-order valence-corrected chi connectivity index (χ0v) is 11.4. The molecular formula is C12H16ClN5O. The van der Waals surface area contributed by atoms with Crippen LogP contribution in [0.15, 0.2) is 29.4 Å². The number of nitrogens with one attached hydrogen (secondary N) is 1. The zero-order chi connectivity index (χ0) is 14.3. The fourth-order valence-electron chi connectivity index (χ4n) is 1.71. The van der Waals surface area contributed by atoms with Crippen molar-refractivity contribution in [3.63, 3.8) is 0 Å². The minimum atomic E-state index is -1.05. The normalized spacial score (nSPS) is 13.4. The van der Waals surface area contributed by atoms with Crippen LogP contribution in [-0.4, -0.2) is 19.0 Å². The highest BCUT2D eigenvalue weighted by Crippen LogP contribution is 2.27. The van der Waals surface area contributed by atoms with Crippen LogP contribution in [0.5, 0.6) is 0 Å². The quantitative estimate of drug-likeness (QED) is 0.346. The zero-order valence-electron chi connectivity index (χ0n) is 10.6. The molecule has 1 unspecified atom stereocenters. The number of nitrogens with zero attached hydrogens (tertiary/aromatic N) is 3. The summed E-state index contributed by atoms with van der Waals surface area (Å²) in [4.78, 5) is 14.4. The van der Waals surface area contributed by atoms with E-state index in [1.165, 1.54) is 0 Å². The first-order chi connectivity index (χ1) is 9.02. The van der Waals surface area contributed by atoms with E-state index in [0.29, 0.717) is 30.1 Å². The summed E-state index contributed by atoms with van der Waals surface area (Å²) in [5.74, 6) is -0.510. The fraction of sp³-hybridized carbons (Fsp3) is 0.417. The van der Waals surface area contributed by atoms with Crippen molar-refractivity contribution in [2.75, 3.05) is 13.1 Å². The number of nitrogens with two attached hydrogens (primary N) is 1. The summed E-state index contributed by atoms with van der Waals surface area (Å²) in [6.45, 7) is 2.54. The van der Waals surface area contributed by atoms with Gasteiger partial charge in [-0.3, -0.25) is 10.1 Å². The lowest BCUT2D eigenvalue weighted by atomic mass is 9.91. The highest BCUT2D eigenvalue weighted by atomic mass is 35.5. The summed E-state index contributed by atoms with van der Waals surface area (Å²) >= 11 is 6.10. The second-order valence-electron chi connectivity index (χ2n) is 4.20. The first-order valence-electron chi connectivity index (χ1n) is 5.83. The summed E-state index contributed by atoms with van der Waals surface area (Å²) < 4.78 is 0. The monoisotopic (exact) mass is 281 g/mol. The molecule has 1 atom stereocenters. The molecule has 0 aliphatic carbocycles. The number of halogens is 1. The number of primary amides is 1. The van der Waals surface area contributed by atoms with Gasteiger partial charge in [-0.05, 0) is 37.1 Å². The molecule has 0 aliphatic rings. The van der Waals surface area contributed by atoms with Gasteiger partial charge in [0.25, 0.3) is 0 Å². The third kappa shape index (κ3) is 3.86. The molecular weight excluding hydrogens is 266 g/mol. The molecule has 0 aliphatic heterocycles. The van der Waals surface area contributed by atoms with Gasteiger partial charge in [0, 0.05) is 16.5 Å². The van der Waals surface area contributed by atoms with Crippen LogP contribution in [0.1, 0.15) is 18.9 Å². The molecule has 3 N–H and O–H groups in total. The molecule has 0 saturated carbocycles.